The molecule has 5 rings (SSSR count). The zero-order chi connectivity index (χ0) is 30.3. The van der Waals surface area contributed by atoms with Gasteiger partial charge in [0, 0.05) is 47.3 Å². The number of anilines is 2. The molecule has 0 saturated heterocycles. The van der Waals surface area contributed by atoms with Gasteiger partial charge in [0.2, 0.25) is 0 Å². The molecule has 0 aliphatic rings. The minimum atomic E-state index is 0.368. The van der Waals surface area contributed by atoms with Crippen molar-refractivity contribution < 1.29 is 18.7 Å². The average Bonchev–Trinajstić information content (AvgIpc) is 3.41. The number of aromatic nitrogens is 2. The SMILES string of the molecule is COc1cc2nccc(Oc3ccc(N/C(=N/c4cc(C)on4)SCc4ccc(NC(C)C)cc4)c(Cl)c3)c2cc1OC. The number of rotatable bonds is 10. The molecule has 2 heterocycles. The number of nitrogens with zero attached hydrogens (tertiary/aromatic N) is 3. The summed E-state index contributed by atoms with van der Waals surface area (Å²) in [5.41, 5.74) is 3.62. The summed E-state index contributed by atoms with van der Waals surface area (Å²) in [6.45, 7) is 6.06. The minimum Gasteiger partial charge on any atom is -0.493 e. The Morgan fingerprint density at radius 2 is 1.74 bits per heavy atom. The fraction of sp³-hybridized carbons (Fsp3) is 0.219. The summed E-state index contributed by atoms with van der Waals surface area (Å²) in [4.78, 5) is 9.12. The van der Waals surface area contributed by atoms with Crippen molar-refractivity contribution in [1.29, 1.82) is 0 Å². The Morgan fingerprint density at radius 3 is 2.42 bits per heavy atom. The van der Waals surface area contributed by atoms with Crippen LogP contribution >= 0.6 is 23.4 Å². The number of halogens is 1. The summed E-state index contributed by atoms with van der Waals surface area (Å²) in [7, 11) is 3.18. The maximum Gasteiger partial charge on any atom is 0.197 e. The molecule has 0 radical (unpaired) electrons. The molecular formula is C32H32ClN5O4S. The van der Waals surface area contributed by atoms with Crippen LogP contribution < -0.4 is 24.8 Å². The molecular weight excluding hydrogens is 586 g/mol. The number of hydrogen-bond donors (Lipinski definition) is 2. The van der Waals surface area contributed by atoms with Crippen LogP contribution in [0.4, 0.5) is 17.2 Å². The summed E-state index contributed by atoms with van der Waals surface area (Å²) in [5, 5.41) is 12.6. The Morgan fingerprint density at radius 1 is 0.977 bits per heavy atom. The molecule has 3 aromatic carbocycles. The number of pyridine rings is 1. The Hall–Kier alpha value is -4.41. The minimum absolute atomic E-state index is 0.368. The second-order valence-electron chi connectivity index (χ2n) is 9.90. The van der Waals surface area contributed by atoms with E-state index < -0.39 is 0 Å². The molecule has 2 aromatic heterocycles. The number of hydrogen-bond acceptors (Lipinski definition) is 9. The van der Waals surface area contributed by atoms with Crippen LogP contribution in [0.5, 0.6) is 23.0 Å². The van der Waals surface area contributed by atoms with Gasteiger partial charge in [0.1, 0.15) is 17.3 Å². The van der Waals surface area contributed by atoms with Crippen LogP contribution in [0, 0.1) is 6.92 Å². The van der Waals surface area contributed by atoms with Gasteiger partial charge in [-0.1, -0.05) is 40.7 Å². The lowest BCUT2D eigenvalue weighted by molar-refractivity contribution is 0.355. The van der Waals surface area contributed by atoms with E-state index in [0.29, 0.717) is 67.8 Å². The van der Waals surface area contributed by atoms with Crippen molar-refractivity contribution in [1.82, 2.24) is 10.1 Å². The lowest BCUT2D eigenvalue weighted by Crippen LogP contribution is -2.09. The summed E-state index contributed by atoms with van der Waals surface area (Å²) >= 11 is 8.27. The molecule has 5 aromatic rings. The largest absolute Gasteiger partial charge is 0.493 e. The topological polar surface area (TPSA) is 103 Å². The zero-order valence-electron chi connectivity index (χ0n) is 24.5. The number of aliphatic imine (C=N–C) groups is 1. The van der Waals surface area contributed by atoms with E-state index in [-0.39, 0.29) is 0 Å². The van der Waals surface area contributed by atoms with Gasteiger partial charge in [-0.15, -0.1) is 0 Å². The molecule has 0 unspecified atom stereocenters. The number of ether oxygens (including phenoxy) is 3. The molecule has 2 N–H and O–H groups in total. The monoisotopic (exact) mass is 617 g/mol. The zero-order valence-corrected chi connectivity index (χ0v) is 26.0. The second-order valence-corrected chi connectivity index (χ2v) is 11.3. The smallest absolute Gasteiger partial charge is 0.197 e. The average molecular weight is 618 g/mol. The van der Waals surface area contributed by atoms with Gasteiger partial charge in [-0.25, -0.2) is 4.99 Å². The first-order valence-corrected chi connectivity index (χ1v) is 14.9. The van der Waals surface area contributed by atoms with Gasteiger partial charge in [0.25, 0.3) is 0 Å². The lowest BCUT2D eigenvalue weighted by atomic mass is 10.2. The highest BCUT2D eigenvalue weighted by molar-refractivity contribution is 8.13. The standard InChI is InChI=1S/C32H32ClN5O4S/c1-19(2)35-22-8-6-21(7-9-22)18-43-32(37-31-14-20(3)42-38-31)36-26-11-10-23(15-25(26)33)41-28-12-13-34-27-17-30(40-5)29(39-4)16-24(27)28/h6-17,19,35H,18H2,1-5H3,(H,36,37,38). The van der Waals surface area contributed by atoms with Crippen LogP contribution in [0.1, 0.15) is 25.2 Å². The normalized spacial score (nSPS) is 11.6. The van der Waals surface area contributed by atoms with Gasteiger partial charge in [0.15, 0.2) is 22.5 Å². The quantitative estimate of drug-likeness (QED) is 0.117. The van der Waals surface area contributed by atoms with Crippen molar-refractivity contribution in [2.24, 2.45) is 4.99 Å². The van der Waals surface area contributed by atoms with Gasteiger partial charge in [0.05, 0.1) is 30.4 Å². The highest BCUT2D eigenvalue weighted by atomic mass is 35.5. The molecule has 0 bridgehead atoms. The Kier molecular flexibility index (Phi) is 9.58. The molecule has 0 aliphatic carbocycles. The number of nitrogens with one attached hydrogen (secondary N) is 2. The first kappa shape index (κ1) is 30.1. The van der Waals surface area contributed by atoms with E-state index in [9.17, 15) is 0 Å². The van der Waals surface area contributed by atoms with Crippen LogP contribution in [0.15, 0.2) is 82.4 Å². The highest BCUT2D eigenvalue weighted by Gasteiger charge is 2.13. The Bertz CT molecular complexity index is 1740. The predicted octanol–water partition coefficient (Wildman–Crippen LogP) is 8.85. The number of thioether (sulfide) groups is 1. The molecule has 11 heteroatoms. The van der Waals surface area contributed by atoms with Gasteiger partial charge in [-0.3, -0.25) is 4.98 Å². The van der Waals surface area contributed by atoms with E-state index in [1.165, 1.54) is 11.8 Å². The van der Waals surface area contributed by atoms with Gasteiger partial charge < -0.3 is 29.4 Å². The van der Waals surface area contributed by atoms with Crippen molar-refractivity contribution in [3.05, 3.63) is 89.3 Å². The first-order valence-electron chi connectivity index (χ1n) is 13.6. The van der Waals surface area contributed by atoms with E-state index in [4.69, 9.17) is 30.3 Å². The van der Waals surface area contributed by atoms with Gasteiger partial charge >= 0.3 is 0 Å². The van der Waals surface area contributed by atoms with E-state index in [0.717, 1.165) is 16.6 Å². The van der Waals surface area contributed by atoms with Crippen LogP contribution in [0.25, 0.3) is 10.9 Å². The fourth-order valence-corrected chi connectivity index (χ4v) is 5.28. The molecule has 0 fully saturated rings. The number of fused-ring (bicyclic) bond motifs is 1. The summed E-state index contributed by atoms with van der Waals surface area (Å²) in [6, 6.07) is 21.4. The molecule has 222 valence electrons. The van der Waals surface area contributed by atoms with Crippen molar-refractivity contribution in [3.63, 3.8) is 0 Å². The summed E-state index contributed by atoms with van der Waals surface area (Å²) in [6.07, 6.45) is 1.68. The third-order valence-electron chi connectivity index (χ3n) is 6.23. The van der Waals surface area contributed by atoms with Gasteiger partial charge in [-0.2, -0.15) is 0 Å². The summed E-state index contributed by atoms with van der Waals surface area (Å²) < 4.78 is 22.3. The third-order valence-corrected chi connectivity index (χ3v) is 7.49. The highest BCUT2D eigenvalue weighted by Crippen LogP contribution is 2.38. The first-order chi connectivity index (χ1) is 20.8. The molecule has 43 heavy (non-hydrogen) atoms. The lowest BCUT2D eigenvalue weighted by Gasteiger charge is -2.14. The van der Waals surface area contributed by atoms with Gasteiger partial charge in [-0.05, 0) is 62.7 Å². The number of benzene rings is 3. The van der Waals surface area contributed by atoms with Crippen LogP contribution in [-0.2, 0) is 5.75 Å². The van der Waals surface area contributed by atoms with Crippen molar-refractivity contribution in [2.75, 3.05) is 24.9 Å². The number of methoxy groups -OCH3 is 2. The number of aryl methyl sites for hydroxylation is 1. The van der Waals surface area contributed by atoms with Crippen LogP contribution in [0.3, 0.4) is 0 Å². The third kappa shape index (κ3) is 7.71. The van der Waals surface area contributed by atoms with Crippen molar-refractivity contribution in [3.8, 4) is 23.0 Å². The molecule has 0 spiro atoms. The van der Waals surface area contributed by atoms with Crippen molar-refractivity contribution >= 4 is 56.6 Å². The van der Waals surface area contributed by atoms with Crippen LogP contribution in [-0.4, -0.2) is 35.6 Å². The Labute approximate surface area is 259 Å². The second kappa shape index (κ2) is 13.7. The van der Waals surface area contributed by atoms with E-state index in [1.807, 2.05) is 31.2 Å². The Balaban J connectivity index is 1.35. The molecule has 9 nitrogen and oxygen atoms in total. The van der Waals surface area contributed by atoms with E-state index >= 15 is 0 Å². The van der Waals surface area contributed by atoms with Crippen LogP contribution in [0.2, 0.25) is 5.02 Å². The molecule has 0 amide bonds. The summed E-state index contributed by atoms with van der Waals surface area (Å²) in [5.74, 6) is 4.18. The maximum atomic E-state index is 6.73. The van der Waals surface area contributed by atoms with E-state index in [1.54, 1.807) is 38.6 Å². The number of amidine groups is 1. The maximum absolute atomic E-state index is 6.73. The molecule has 0 saturated carbocycles. The fourth-order valence-electron chi connectivity index (χ4n) is 4.23. The predicted molar refractivity (Wildman–Crippen MR) is 175 cm³/mol. The van der Waals surface area contributed by atoms with Crippen molar-refractivity contribution in [2.45, 2.75) is 32.6 Å². The van der Waals surface area contributed by atoms with E-state index in [2.05, 4.69) is 63.9 Å². The molecule has 0 atom stereocenters. The molecule has 0 aliphatic heterocycles.